The lowest BCUT2D eigenvalue weighted by Gasteiger charge is -2.31. The number of aliphatic hydroxyl groups is 2. The summed E-state index contributed by atoms with van der Waals surface area (Å²) in [6.45, 7) is 8.05. The van der Waals surface area contributed by atoms with Crippen molar-refractivity contribution in [2.24, 2.45) is 5.41 Å². The van der Waals surface area contributed by atoms with Gasteiger partial charge in [-0.2, -0.15) is 0 Å². The van der Waals surface area contributed by atoms with Gasteiger partial charge in [0.2, 0.25) is 0 Å². The molecule has 0 aromatic heterocycles. The summed E-state index contributed by atoms with van der Waals surface area (Å²) < 4.78 is 0. The molecule has 2 heteroatoms. The van der Waals surface area contributed by atoms with Crippen LogP contribution in [0.4, 0.5) is 0 Å². The maximum Gasteiger partial charge on any atom is 0.0515 e. The van der Waals surface area contributed by atoms with Crippen molar-refractivity contribution in [1.82, 2.24) is 0 Å². The van der Waals surface area contributed by atoms with Crippen molar-refractivity contribution < 1.29 is 10.2 Å². The standard InChI is InChI=1S/C21H24O2/c1-17(19-9-5-3-6-10-19)13-21(15-22,16-23)14-18(2)20-11-7-4-8-12-20/h3-12,22-23H,1-2,13-16H2. The van der Waals surface area contributed by atoms with E-state index in [1.807, 2.05) is 60.7 Å². The highest BCUT2D eigenvalue weighted by molar-refractivity contribution is 5.66. The fourth-order valence-electron chi connectivity index (χ4n) is 2.79. The molecule has 0 aliphatic carbocycles. The van der Waals surface area contributed by atoms with Gasteiger partial charge in [-0.15, -0.1) is 0 Å². The predicted molar refractivity (Wildman–Crippen MR) is 96.8 cm³/mol. The van der Waals surface area contributed by atoms with Crippen LogP contribution in [0.1, 0.15) is 24.0 Å². The topological polar surface area (TPSA) is 40.5 Å². The van der Waals surface area contributed by atoms with Gasteiger partial charge in [-0.1, -0.05) is 73.8 Å². The van der Waals surface area contributed by atoms with Crippen LogP contribution < -0.4 is 0 Å². The Morgan fingerprint density at radius 2 is 1.04 bits per heavy atom. The normalized spacial score (nSPS) is 11.2. The summed E-state index contributed by atoms with van der Waals surface area (Å²) in [6, 6.07) is 19.7. The highest BCUT2D eigenvalue weighted by Gasteiger charge is 2.31. The molecule has 0 aliphatic heterocycles. The molecule has 23 heavy (non-hydrogen) atoms. The predicted octanol–water partition coefficient (Wildman–Crippen LogP) is 4.16. The van der Waals surface area contributed by atoms with Crippen LogP contribution in [0.5, 0.6) is 0 Å². The van der Waals surface area contributed by atoms with Crippen LogP contribution in [0, 0.1) is 5.41 Å². The third kappa shape index (κ3) is 4.41. The second-order valence-electron chi connectivity index (χ2n) is 6.11. The van der Waals surface area contributed by atoms with E-state index < -0.39 is 5.41 Å². The van der Waals surface area contributed by atoms with Gasteiger partial charge in [0.05, 0.1) is 13.2 Å². The largest absolute Gasteiger partial charge is 0.396 e. The Labute approximate surface area is 138 Å². The fourth-order valence-corrected chi connectivity index (χ4v) is 2.79. The van der Waals surface area contributed by atoms with Crippen LogP contribution in [0.2, 0.25) is 0 Å². The first-order chi connectivity index (χ1) is 11.1. The first-order valence-corrected chi connectivity index (χ1v) is 7.78. The van der Waals surface area contributed by atoms with Gasteiger partial charge < -0.3 is 10.2 Å². The molecule has 0 amide bonds. The van der Waals surface area contributed by atoms with Crippen LogP contribution in [-0.4, -0.2) is 23.4 Å². The van der Waals surface area contributed by atoms with E-state index in [0.29, 0.717) is 12.8 Å². The van der Waals surface area contributed by atoms with Crippen molar-refractivity contribution in [2.45, 2.75) is 12.8 Å². The van der Waals surface area contributed by atoms with Crippen molar-refractivity contribution in [3.05, 3.63) is 84.9 Å². The summed E-state index contributed by atoms with van der Waals surface area (Å²) in [5, 5.41) is 19.9. The molecule has 0 radical (unpaired) electrons. The quantitative estimate of drug-likeness (QED) is 0.768. The first-order valence-electron chi connectivity index (χ1n) is 7.78. The summed E-state index contributed by atoms with van der Waals surface area (Å²) in [4.78, 5) is 0. The second kappa shape index (κ2) is 7.91. The molecule has 0 spiro atoms. The molecular formula is C21H24O2. The van der Waals surface area contributed by atoms with Crippen molar-refractivity contribution in [2.75, 3.05) is 13.2 Å². The minimum Gasteiger partial charge on any atom is -0.396 e. The summed E-state index contributed by atoms with van der Waals surface area (Å²) in [7, 11) is 0. The third-order valence-corrected chi connectivity index (χ3v) is 4.21. The number of allylic oxidation sites excluding steroid dienone is 2. The maximum absolute atomic E-state index is 9.93. The number of benzene rings is 2. The first kappa shape index (κ1) is 17.2. The zero-order chi connectivity index (χ0) is 16.7. The second-order valence-corrected chi connectivity index (χ2v) is 6.11. The Kier molecular flexibility index (Phi) is 5.91. The molecule has 0 saturated heterocycles. The number of hydrogen-bond acceptors (Lipinski definition) is 2. The monoisotopic (exact) mass is 308 g/mol. The molecule has 0 unspecified atom stereocenters. The molecule has 2 nitrogen and oxygen atoms in total. The molecule has 2 rings (SSSR count). The summed E-state index contributed by atoms with van der Waals surface area (Å²) >= 11 is 0. The zero-order valence-corrected chi connectivity index (χ0v) is 13.4. The summed E-state index contributed by atoms with van der Waals surface area (Å²) in [6.07, 6.45) is 1.05. The lowest BCUT2D eigenvalue weighted by molar-refractivity contribution is 0.0630. The van der Waals surface area contributed by atoms with Crippen LogP contribution in [0.15, 0.2) is 73.8 Å². The molecular weight excluding hydrogens is 284 g/mol. The van der Waals surface area contributed by atoms with Gasteiger partial charge in [0.15, 0.2) is 0 Å². The average Bonchev–Trinajstić information content (AvgIpc) is 2.62. The Hall–Kier alpha value is -2.16. The summed E-state index contributed by atoms with van der Waals surface area (Å²) in [5.41, 5.74) is 3.23. The van der Waals surface area contributed by atoms with Gasteiger partial charge in [-0.25, -0.2) is 0 Å². The summed E-state index contributed by atoms with van der Waals surface area (Å²) in [5.74, 6) is 0. The Balaban J connectivity index is 2.15. The van der Waals surface area contributed by atoms with Crippen molar-refractivity contribution >= 4 is 11.1 Å². The molecule has 0 heterocycles. The SMILES string of the molecule is C=C(CC(CO)(CO)CC(=C)c1ccccc1)c1ccccc1. The van der Waals surface area contributed by atoms with Crippen LogP contribution in [0.25, 0.3) is 11.1 Å². The minimum atomic E-state index is -0.653. The molecule has 120 valence electrons. The molecule has 0 bridgehead atoms. The average molecular weight is 308 g/mol. The van der Waals surface area contributed by atoms with Gasteiger partial charge in [0, 0.05) is 5.41 Å². The van der Waals surface area contributed by atoms with Crippen molar-refractivity contribution in [3.8, 4) is 0 Å². The molecule has 2 aromatic rings. The van der Waals surface area contributed by atoms with Crippen LogP contribution in [-0.2, 0) is 0 Å². The van der Waals surface area contributed by atoms with Gasteiger partial charge in [-0.3, -0.25) is 0 Å². The van der Waals surface area contributed by atoms with Gasteiger partial charge in [-0.05, 0) is 35.1 Å². The molecule has 2 aromatic carbocycles. The molecule has 0 fully saturated rings. The van der Waals surface area contributed by atoms with Gasteiger partial charge in [0.1, 0.15) is 0 Å². The number of aliphatic hydroxyl groups excluding tert-OH is 2. The van der Waals surface area contributed by atoms with E-state index in [9.17, 15) is 10.2 Å². The molecule has 0 atom stereocenters. The van der Waals surface area contributed by atoms with E-state index in [0.717, 1.165) is 22.3 Å². The van der Waals surface area contributed by atoms with E-state index >= 15 is 0 Å². The van der Waals surface area contributed by atoms with E-state index in [4.69, 9.17) is 0 Å². The lowest BCUT2D eigenvalue weighted by atomic mass is 9.76. The Morgan fingerprint density at radius 1 is 0.696 bits per heavy atom. The molecule has 0 aliphatic rings. The van der Waals surface area contributed by atoms with E-state index in [-0.39, 0.29) is 13.2 Å². The van der Waals surface area contributed by atoms with Crippen molar-refractivity contribution in [1.29, 1.82) is 0 Å². The van der Waals surface area contributed by atoms with Gasteiger partial charge in [0.25, 0.3) is 0 Å². The van der Waals surface area contributed by atoms with E-state index in [1.54, 1.807) is 0 Å². The Morgan fingerprint density at radius 3 is 1.35 bits per heavy atom. The molecule has 2 N–H and O–H groups in total. The number of hydrogen-bond donors (Lipinski definition) is 2. The van der Waals surface area contributed by atoms with Crippen LogP contribution in [0.3, 0.4) is 0 Å². The fraction of sp³-hybridized carbons (Fsp3) is 0.238. The molecule has 0 saturated carbocycles. The van der Waals surface area contributed by atoms with E-state index in [1.165, 1.54) is 0 Å². The zero-order valence-electron chi connectivity index (χ0n) is 13.4. The van der Waals surface area contributed by atoms with Crippen molar-refractivity contribution in [3.63, 3.8) is 0 Å². The lowest BCUT2D eigenvalue weighted by Crippen LogP contribution is -2.30. The van der Waals surface area contributed by atoms with Gasteiger partial charge >= 0.3 is 0 Å². The smallest absolute Gasteiger partial charge is 0.0515 e. The minimum absolute atomic E-state index is 0.110. The van der Waals surface area contributed by atoms with Crippen LogP contribution >= 0.6 is 0 Å². The Bertz CT molecular complexity index is 585. The number of rotatable bonds is 8. The maximum atomic E-state index is 9.93. The van der Waals surface area contributed by atoms with E-state index in [2.05, 4.69) is 13.2 Å². The highest BCUT2D eigenvalue weighted by atomic mass is 16.3. The third-order valence-electron chi connectivity index (χ3n) is 4.21. The highest BCUT2D eigenvalue weighted by Crippen LogP contribution is 2.37.